The van der Waals surface area contributed by atoms with Gasteiger partial charge >= 0.3 is 6.09 Å². The standard InChI is InChI=1S/C26H30N2O4/c1-26(2,3)32-25(30)27-23(24(29)28(4)18-22-11-8-16-31-22)17-19-12-14-21(15-13-19)20-9-6-5-7-10-20/h5-16,23H,17-18H2,1-4H3,(H,27,30)/t23-/m0/s1. The van der Waals surface area contributed by atoms with Crippen LogP contribution < -0.4 is 5.32 Å². The first-order valence-corrected chi connectivity index (χ1v) is 10.6. The second kappa shape index (κ2) is 10.2. The van der Waals surface area contributed by atoms with Crippen LogP contribution in [-0.2, 0) is 22.5 Å². The monoisotopic (exact) mass is 434 g/mol. The van der Waals surface area contributed by atoms with Crippen LogP contribution in [0, 0.1) is 0 Å². The summed E-state index contributed by atoms with van der Waals surface area (Å²) in [6.07, 6.45) is 1.29. The lowest BCUT2D eigenvalue weighted by atomic mass is 10.00. The van der Waals surface area contributed by atoms with E-state index in [9.17, 15) is 9.59 Å². The van der Waals surface area contributed by atoms with Crippen molar-refractivity contribution in [1.82, 2.24) is 10.2 Å². The van der Waals surface area contributed by atoms with Gasteiger partial charge in [0.25, 0.3) is 0 Å². The fourth-order valence-corrected chi connectivity index (χ4v) is 3.33. The molecule has 6 nitrogen and oxygen atoms in total. The molecule has 0 spiro atoms. The number of furan rings is 1. The Morgan fingerprint density at radius 3 is 2.22 bits per heavy atom. The zero-order valence-electron chi connectivity index (χ0n) is 19.0. The second-order valence-electron chi connectivity index (χ2n) is 8.74. The average Bonchev–Trinajstić information content (AvgIpc) is 3.25. The summed E-state index contributed by atoms with van der Waals surface area (Å²) >= 11 is 0. The number of carbonyl (C=O) groups is 2. The predicted molar refractivity (Wildman–Crippen MR) is 124 cm³/mol. The Kier molecular flexibility index (Phi) is 7.36. The molecule has 2 amide bonds. The van der Waals surface area contributed by atoms with Crippen LogP contribution >= 0.6 is 0 Å². The van der Waals surface area contributed by atoms with Gasteiger partial charge in [-0.3, -0.25) is 4.79 Å². The predicted octanol–water partition coefficient (Wildman–Crippen LogP) is 5.04. The van der Waals surface area contributed by atoms with Crippen molar-refractivity contribution < 1.29 is 18.7 Å². The van der Waals surface area contributed by atoms with Crippen LogP contribution in [0.2, 0.25) is 0 Å². The largest absolute Gasteiger partial charge is 0.467 e. The minimum absolute atomic E-state index is 0.223. The Morgan fingerprint density at radius 2 is 1.62 bits per heavy atom. The highest BCUT2D eigenvalue weighted by Gasteiger charge is 2.27. The maximum Gasteiger partial charge on any atom is 0.408 e. The van der Waals surface area contributed by atoms with Gasteiger partial charge in [-0.2, -0.15) is 0 Å². The SMILES string of the molecule is CN(Cc1ccco1)C(=O)[C@H](Cc1ccc(-c2ccccc2)cc1)NC(=O)OC(C)(C)C. The third-order valence-corrected chi connectivity index (χ3v) is 4.84. The molecule has 1 atom stereocenters. The number of hydrogen-bond donors (Lipinski definition) is 1. The van der Waals surface area contributed by atoms with Crippen LogP contribution in [-0.4, -0.2) is 35.6 Å². The lowest BCUT2D eigenvalue weighted by Gasteiger charge is -2.26. The van der Waals surface area contributed by atoms with Gasteiger partial charge in [-0.05, 0) is 49.6 Å². The van der Waals surface area contributed by atoms with E-state index in [4.69, 9.17) is 9.15 Å². The highest BCUT2D eigenvalue weighted by molar-refractivity contribution is 5.86. The normalized spacial score (nSPS) is 12.1. The molecule has 0 saturated heterocycles. The molecule has 0 aliphatic rings. The van der Waals surface area contributed by atoms with Crippen LogP contribution in [0.3, 0.4) is 0 Å². The van der Waals surface area contributed by atoms with E-state index in [-0.39, 0.29) is 5.91 Å². The van der Waals surface area contributed by atoms with Gasteiger partial charge in [0.2, 0.25) is 5.91 Å². The lowest BCUT2D eigenvalue weighted by Crippen LogP contribution is -2.49. The summed E-state index contributed by atoms with van der Waals surface area (Å²) in [5.41, 5.74) is 2.49. The molecule has 3 aromatic rings. The topological polar surface area (TPSA) is 71.8 Å². The number of benzene rings is 2. The number of carbonyl (C=O) groups excluding carboxylic acids is 2. The molecular formula is C26H30N2O4. The summed E-state index contributed by atoms with van der Waals surface area (Å²) in [5.74, 6) is 0.448. The molecule has 1 heterocycles. The van der Waals surface area contributed by atoms with Gasteiger partial charge in [-0.1, -0.05) is 54.6 Å². The number of hydrogen-bond acceptors (Lipinski definition) is 4. The molecule has 0 fully saturated rings. The van der Waals surface area contributed by atoms with Gasteiger partial charge in [0.15, 0.2) is 0 Å². The van der Waals surface area contributed by atoms with Gasteiger partial charge in [-0.25, -0.2) is 4.79 Å². The zero-order chi connectivity index (χ0) is 23.1. The van der Waals surface area contributed by atoms with Crippen molar-refractivity contribution in [2.24, 2.45) is 0 Å². The number of likely N-dealkylation sites (N-methyl/N-ethyl adjacent to an activating group) is 1. The third kappa shape index (κ3) is 6.74. The molecular weight excluding hydrogens is 404 g/mol. The number of amides is 2. The molecule has 3 rings (SSSR count). The van der Waals surface area contributed by atoms with Crippen molar-refractivity contribution in [3.63, 3.8) is 0 Å². The molecule has 0 aliphatic carbocycles. The third-order valence-electron chi connectivity index (χ3n) is 4.84. The van der Waals surface area contributed by atoms with Crippen molar-refractivity contribution in [2.45, 2.75) is 45.4 Å². The van der Waals surface area contributed by atoms with Crippen molar-refractivity contribution in [1.29, 1.82) is 0 Å². The summed E-state index contributed by atoms with van der Waals surface area (Å²) in [6, 6.07) is 20.9. The second-order valence-corrected chi connectivity index (χ2v) is 8.74. The highest BCUT2D eigenvalue weighted by Crippen LogP contribution is 2.20. The first kappa shape index (κ1) is 23.1. The van der Waals surface area contributed by atoms with E-state index >= 15 is 0 Å². The van der Waals surface area contributed by atoms with Crippen LogP contribution in [0.25, 0.3) is 11.1 Å². The van der Waals surface area contributed by atoms with E-state index < -0.39 is 17.7 Å². The van der Waals surface area contributed by atoms with Gasteiger partial charge in [0.05, 0.1) is 12.8 Å². The molecule has 1 aromatic heterocycles. The number of nitrogens with one attached hydrogen (secondary N) is 1. The summed E-state index contributed by atoms with van der Waals surface area (Å²) < 4.78 is 10.7. The van der Waals surface area contributed by atoms with Crippen LogP contribution in [0.4, 0.5) is 4.79 Å². The van der Waals surface area contributed by atoms with Crippen molar-refractivity contribution in [3.8, 4) is 11.1 Å². The Labute approximate surface area is 189 Å². The smallest absolute Gasteiger partial charge is 0.408 e. The fourth-order valence-electron chi connectivity index (χ4n) is 3.33. The highest BCUT2D eigenvalue weighted by atomic mass is 16.6. The van der Waals surface area contributed by atoms with E-state index in [2.05, 4.69) is 17.4 Å². The van der Waals surface area contributed by atoms with Crippen molar-refractivity contribution in [3.05, 3.63) is 84.3 Å². The average molecular weight is 435 g/mol. The molecule has 0 bridgehead atoms. The van der Waals surface area contributed by atoms with Crippen LogP contribution in [0.1, 0.15) is 32.1 Å². The quantitative estimate of drug-likeness (QED) is 0.565. The van der Waals surface area contributed by atoms with Crippen molar-refractivity contribution in [2.75, 3.05) is 7.05 Å². The number of rotatable bonds is 7. The summed E-state index contributed by atoms with van der Waals surface area (Å²) in [4.78, 5) is 27.1. The number of ether oxygens (including phenoxy) is 1. The maximum atomic E-state index is 13.2. The molecule has 32 heavy (non-hydrogen) atoms. The lowest BCUT2D eigenvalue weighted by molar-refractivity contribution is -0.132. The van der Waals surface area contributed by atoms with Gasteiger partial charge in [0.1, 0.15) is 17.4 Å². The first-order valence-electron chi connectivity index (χ1n) is 10.6. The van der Waals surface area contributed by atoms with E-state index in [1.54, 1.807) is 45.0 Å². The van der Waals surface area contributed by atoms with E-state index in [0.29, 0.717) is 18.7 Å². The minimum atomic E-state index is -0.771. The van der Waals surface area contributed by atoms with Gasteiger partial charge < -0.3 is 19.4 Å². The molecule has 0 aliphatic heterocycles. The molecule has 6 heteroatoms. The molecule has 1 N–H and O–H groups in total. The van der Waals surface area contributed by atoms with E-state index in [1.807, 2.05) is 48.5 Å². The van der Waals surface area contributed by atoms with Gasteiger partial charge in [0, 0.05) is 13.5 Å². The summed E-state index contributed by atoms with van der Waals surface area (Å²) in [7, 11) is 1.69. The Balaban J connectivity index is 1.75. The molecule has 0 unspecified atom stereocenters. The molecule has 0 saturated carbocycles. The van der Waals surface area contributed by atoms with Crippen LogP contribution in [0.15, 0.2) is 77.4 Å². The Morgan fingerprint density at radius 1 is 0.969 bits per heavy atom. The minimum Gasteiger partial charge on any atom is -0.467 e. The summed E-state index contributed by atoms with van der Waals surface area (Å²) in [5, 5.41) is 2.75. The van der Waals surface area contributed by atoms with E-state index in [0.717, 1.165) is 16.7 Å². The number of alkyl carbamates (subject to hydrolysis) is 1. The Hall–Kier alpha value is -3.54. The Bertz CT molecular complexity index is 1010. The van der Waals surface area contributed by atoms with Crippen LogP contribution in [0.5, 0.6) is 0 Å². The zero-order valence-corrected chi connectivity index (χ0v) is 19.0. The number of nitrogens with zero attached hydrogens (tertiary/aromatic N) is 1. The maximum absolute atomic E-state index is 13.2. The molecule has 168 valence electrons. The van der Waals surface area contributed by atoms with E-state index in [1.165, 1.54) is 0 Å². The summed E-state index contributed by atoms with van der Waals surface area (Å²) in [6.45, 7) is 5.67. The molecule has 2 aromatic carbocycles. The molecule has 0 radical (unpaired) electrons. The van der Waals surface area contributed by atoms with Crippen molar-refractivity contribution >= 4 is 12.0 Å². The van der Waals surface area contributed by atoms with Gasteiger partial charge in [-0.15, -0.1) is 0 Å². The first-order chi connectivity index (χ1) is 15.2. The fraction of sp³-hybridized carbons (Fsp3) is 0.308.